The molecule has 102 valence electrons. The van der Waals surface area contributed by atoms with Crippen molar-refractivity contribution in [3.8, 4) is 0 Å². The van der Waals surface area contributed by atoms with Gasteiger partial charge in [0.05, 0.1) is 5.56 Å². The lowest BCUT2D eigenvalue weighted by Gasteiger charge is -2.33. The Balaban J connectivity index is 2.15. The van der Waals surface area contributed by atoms with E-state index in [1.807, 2.05) is 0 Å². The van der Waals surface area contributed by atoms with Gasteiger partial charge in [-0.3, -0.25) is 4.79 Å². The van der Waals surface area contributed by atoms with E-state index >= 15 is 0 Å². The lowest BCUT2D eigenvalue weighted by molar-refractivity contribution is -0.148. The molecule has 0 bridgehead atoms. The predicted molar refractivity (Wildman–Crippen MR) is 66.5 cm³/mol. The second-order valence-electron chi connectivity index (χ2n) is 4.43. The SMILES string of the molecule is Nc1ccc(C(=O)NC2(C(=O)O)CCOCC2)cn1. The molecule has 1 aromatic rings. The number of carbonyl (C=O) groups is 2. The van der Waals surface area contributed by atoms with Crippen molar-refractivity contribution in [2.45, 2.75) is 18.4 Å². The monoisotopic (exact) mass is 265 g/mol. The van der Waals surface area contributed by atoms with E-state index in [-0.39, 0.29) is 18.4 Å². The van der Waals surface area contributed by atoms with Gasteiger partial charge >= 0.3 is 5.97 Å². The van der Waals surface area contributed by atoms with E-state index in [2.05, 4.69) is 10.3 Å². The number of nitrogens with one attached hydrogen (secondary N) is 1. The summed E-state index contributed by atoms with van der Waals surface area (Å²) in [7, 11) is 0. The summed E-state index contributed by atoms with van der Waals surface area (Å²) in [5, 5.41) is 11.9. The van der Waals surface area contributed by atoms with E-state index < -0.39 is 17.4 Å². The van der Waals surface area contributed by atoms with Gasteiger partial charge in [-0.1, -0.05) is 0 Å². The van der Waals surface area contributed by atoms with Crippen molar-refractivity contribution in [1.82, 2.24) is 10.3 Å². The second-order valence-corrected chi connectivity index (χ2v) is 4.43. The Morgan fingerprint density at radius 1 is 1.37 bits per heavy atom. The molecule has 1 aliphatic heterocycles. The second kappa shape index (κ2) is 5.23. The number of nitrogen functional groups attached to an aromatic ring is 1. The third-order valence-electron chi connectivity index (χ3n) is 3.16. The number of rotatable bonds is 3. The number of hydrogen-bond acceptors (Lipinski definition) is 5. The maximum absolute atomic E-state index is 12.0. The summed E-state index contributed by atoms with van der Waals surface area (Å²) >= 11 is 0. The van der Waals surface area contributed by atoms with E-state index in [0.717, 1.165) is 0 Å². The van der Waals surface area contributed by atoms with Crippen LogP contribution in [-0.4, -0.2) is 40.7 Å². The van der Waals surface area contributed by atoms with E-state index in [9.17, 15) is 14.7 Å². The molecule has 0 saturated carbocycles. The summed E-state index contributed by atoms with van der Waals surface area (Å²) in [6, 6.07) is 3.00. The van der Waals surface area contributed by atoms with Gasteiger partial charge in [0.1, 0.15) is 11.4 Å². The van der Waals surface area contributed by atoms with Crippen LogP contribution in [0.3, 0.4) is 0 Å². The van der Waals surface area contributed by atoms with Gasteiger partial charge in [-0.25, -0.2) is 9.78 Å². The molecule has 0 atom stereocenters. The molecule has 1 aromatic heterocycles. The average Bonchev–Trinajstić information content (AvgIpc) is 2.40. The molecule has 4 N–H and O–H groups in total. The van der Waals surface area contributed by atoms with Crippen LogP contribution in [0.1, 0.15) is 23.2 Å². The number of aromatic nitrogens is 1. The fourth-order valence-electron chi connectivity index (χ4n) is 1.94. The third-order valence-corrected chi connectivity index (χ3v) is 3.16. The van der Waals surface area contributed by atoms with E-state index in [4.69, 9.17) is 10.5 Å². The van der Waals surface area contributed by atoms with Gasteiger partial charge in [0, 0.05) is 32.3 Å². The zero-order chi connectivity index (χ0) is 13.9. The molecule has 2 rings (SSSR count). The van der Waals surface area contributed by atoms with E-state index in [1.54, 1.807) is 0 Å². The minimum atomic E-state index is -1.27. The van der Waals surface area contributed by atoms with Gasteiger partial charge in [-0.15, -0.1) is 0 Å². The van der Waals surface area contributed by atoms with Gasteiger partial charge < -0.3 is 20.9 Å². The third kappa shape index (κ3) is 2.82. The normalized spacial score (nSPS) is 17.7. The van der Waals surface area contributed by atoms with E-state index in [0.29, 0.717) is 19.0 Å². The number of ether oxygens (including phenoxy) is 1. The van der Waals surface area contributed by atoms with Gasteiger partial charge in [0.25, 0.3) is 5.91 Å². The number of carbonyl (C=O) groups excluding carboxylic acids is 1. The highest BCUT2D eigenvalue weighted by Crippen LogP contribution is 2.21. The molecule has 1 amide bonds. The molecule has 1 fully saturated rings. The van der Waals surface area contributed by atoms with Gasteiger partial charge in [-0.2, -0.15) is 0 Å². The molecule has 1 saturated heterocycles. The first-order chi connectivity index (χ1) is 9.03. The molecule has 0 radical (unpaired) electrons. The molecular weight excluding hydrogens is 250 g/mol. The van der Waals surface area contributed by atoms with Crippen LogP contribution in [-0.2, 0) is 9.53 Å². The highest BCUT2D eigenvalue weighted by molar-refractivity contribution is 5.97. The van der Waals surface area contributed by atoms with E-state index in [1.165, 1.54) is 18.3 Å². The largest absolute Gasteiger partial charge is 0.480 e. The molecule has 2 heterocycles. The molecule has 0 unspecified atom stereocenters. The zero-order valence-corrected chi connectivity index (χ0v) is 10.3. The molecule has 0 spiro atoms. The van der Waals surface area contributed by atoms with Crippen molar-refractivity contribution in [3.63, 3.8) is 0 Å². The molecule has 1 aliphatic rings. The Labute approximate surface area is 109 Å². The fourth-order valence-corrected chi connectivity index (χ4v) is 1.94. The number of anilines is 1. The maximum atomic E-state index is 12.0. The van der Waals surface area contributed by atoms with Crippen molar-refractivity contribution < 1.29 is 19.4 Å². The number of carboxylic acids is 1. The number of aliphatic carboxylic acids is 1. The number of amides is 1. The number of carboxylic acid groups (broad SMARTS) is 1. The average molecular weight is 265 g/mol. The quantitative estimate of drug-likeness (QED) is 0.710. The Morgan fingerprint density at radius 2 is 2.05 bits per heavy atom. The number of pyridine rings is 1. The van der Waals surface area contributed by atoms with Crippen LogP contribution >= 0.6 is 0 Å². The van der Waals surface area contributed by atoms with Crippen LogP contribution in [0.2, 0.25) is 0 Å². The van der Waals surface area contributed by atoms with Gasteiger partial charge in [0.15, 0.2) is 0 Å². The topological polar surface area (TPSA) is 115 Å². The molecule has 0 aliphatic carbocycles. The first kappa shape index (κ1) is 13.3. The Hall–Kier alpha value is -2.15. The van der Waals surface area contributed by atoms with Crippen molar-refractivity contribution in [2.24, 2.45) is 0 Å². The predicted octanol–water partition coefficient (Wildman–Crippen LogP) is 0.0274. The van der Waals surface area contributed by atoms with Crippen molar-refractivity contribution in [1.29, 1.82) is 0 Å². The summed E-state index contributed by atoms with van der Waals surface area (Å²) in [4.78, 5) is 27.2. The van der Waals surface area contributed by atoms with Gasteiger partial charge in [0.2, 0.25) is 0 Å². The fraction of sp³-hybridized carbons (Fsp3) is 0.417. The summed E-state index contributed by atoms with van der Waals surface area (Å²) in [5.41, 5.74) is 4.44. The minimum Gasteiger partial charge on any atom is -0.480 e. The van der Waals surface area contributed by atoms with Crippen molar-refractivity contribution in [2.75, 3.05) is 18.9 Å². The first-order valence-corrected chi connectivity index (χ1v) is 5.89. The molecule has 19 heavy (non-hydrogen) atoms. The lowest BCUT2D eigenvalue weighted by atomic mass is 9.90. The van der Waals surface area contributed by atoms with Crippen LogP contribution in [0.15, 0.2) is 18.3 Å². The molecular formula is C12H15N3O4. The number of hydrogen-bond donors (Lipinski definition) is 3. The number of nitrogens with zero attached hydrogens (tertiary/aromatic N) is 1. The highest BCUT2D eigenvalue weighted by atomic mass is 16.5. The zero-order valence-electron chi connectivity index (χ0n) is 10.3. The van der Waals surface area contributed by atoms with Crippen molar-refractivity contribution in [3.05, 3.63) is 23.9 Å². The Kier molecular flexibility index (Phi) is 3.66. The minimum absolute atomic E-state index is 0.247. The van der Waals surface area contributed by atoms with Crippen LogP contribution in [0.5, 0.6) is 0 Å². The van der Waals surface area contributed by atoms with Crippen molar-refractivity contribution >= 4 is 17.7 Å². The summed E-state index contributed by atoms with van der Waals surface area (Å²) in [5.74, 6) is -1.22. The first-order valence-electron chi connectivity index (χ1n) is 5.89. The highest BCUT2D eigenvalue weighted by Gasteiger charge is 2.41. The molecule has 7 nitrogen and oxygen atoms in total. The maximum Gasteiger partial charge on any atom is 0.329 e. The van der Waals surface area contributed by atoms with Gasteiger partial charge in [-0.05, 0) is 12.1 Å². The standard InChI is InChI=1S/C12H15N3O4/c13-9-2-1-8(7-14-9)10(16)15-12(11(17)18)3-5-19-6-4-12/h1-2,7H,3-6H2,(H2,13,14)(H,15,16)(H,17,18). The van der Waals surface area contributed by atoms with Crippen LogP contribution in [0.25, 0.3) is 0 Å². The Bertz CT molecular complexity index is 480. The summed E-state index contributed by atoms with van der Waals surface area (Å²) in [6.45, 7) is 0.624. The Morgan fingerprint density at radius 3 is 2.58 bits per heavy atom. The molecule has 7 heteroatoms. The molecule has 0 aromatic carbocycles. The van der Waals surface area contributed by atoms with Crippen LogP contribution in [0, 0.1) is 0 Å². The lowest BCUT2D eigenvalue weighted by Crippen LogP contribution is -2.57. The number of nitrogens with two attached hydrogens (primary N) is 1. The van der Waals surface area contributed by atoms with Crippen LogP contribution in [0.4, 0.5) is 5.82 Å². The summed E-state index contributed by atoms with van der Waals surface area (Å²) in [6.07, 6.45) is 1.81. The summed E-state index contributed by atoms with van der Waals surface area (Å²) < 4.78 is 5.13. The smallest absolute Gasteiger partial charge is 0.329 e. The van der Waals surface area contributed by atoms with Crippen LogP contribution < -0.4 is 11.1 Å².